The van der Waals surface area contributed by atoms with Crippen LogP contribution in [0.2, 0.25) is 0 Å². The molecular formula is C16H22O5. The smallest absolute Gasteiger partial charge is 0.310 e. The summed E-state index contributed by atoms with van der Waals surface area (Å²) in [6, 6.07) is 4.85. The number of benzene rings is 1. The molecule has 0 saturated heterocycles. The molecule has 0 saturated carbocycles. The van der Waals surface area contributed by atoms with Crippen LogP contribution < -0.4 is 9.47 Å². The molecule has 1 rings (SSSR count). The lowest BCUT2D eigenvalue weighted by molar-refractivity contribution is -0.149. The lowest BCUT2D eigenvalue weighted by Crippen LogP contribution is -2.32. The van der Waals surface area contributed by atoms with Crippen molar-refractivity contribution in [3.05, 3.63) is 23.8 Å². The number of Topliss-reactive ketones (excluding diaryl/α,β-unsaturated/α-hetero) is 1. The van der Waals surface area contributed by atoms with Crippen molar-refractivity contribution in [2.24, 2.45) is 5.41 Å². The van der Waals surface area contributed by atoms with E-state index in [2.05, 4.69) is 0 Å². The second kappa shape index (κ2) is 7.11. The fourth-order valence-electron chi connectivity index (χ4n) is 2.30. The van der Waals surface area contributed by atoms with Crippen LogP contribution in [-0.2, 0) is 4.79 Å². The highest BCUT2D eigenvalue weighted by molar-refractivity contribution is 5.99. The molecule has 5 nitrogen and oxygen atoms in total. The summed E-state index contributed by atoms with van der Waals surface area (Å²) in [5.74, 6) is -0.148. The lowest BCUT2D eigenvalue weighted by atomic mass is 9.77. The molecule has 21 heavy (non-hydrogen) atoms. The zero-order valence-corrected chi connectivity index (χ0v) is 12.9. The Hall–Kier alpha value is -2.04. The number of methoxy groups -OCH3 is 2. The fraction of sp³-hybridized carbons (Fsp3) is 0.500. The van der Waals surface area contributed by atoms with Crippen LogP contribution in [0.5, 0.6) is 11.5 Å². The Labute approximate surface area is 124 Å². The van der Waals surface area contributed by atoms with Crippen LogP contribution in [0.1, 0.15) is 43.5 Å². The largest absolute Gasteiger partial charge is 0.493 e. The van der Waals surface area contributed by atoms with E-state index in [1.54, 1.807) is 32.0 Å². The third-order valence-corrected chi connectivity index (χ3v) is 4.01. The number of carboxylic acid groups (broad SMARTS) is 1. The molecule has 0 spiro atoms. The number of aliphatic carboxylic acids is 1. The first-order chi connectivity index (χ1) is 9.93. The van der Waals surface area contributed by atoms with Gasteiger partial charge >= 0.3 is 5.97 Å². The predicted molar refractivity (Wildman–Crippen MR) is 79.1 cm³/mol. The molecule has 0 unspecified atom stereocenters. The van der Waals surface area contributed by atoms with E-state index < -0.39 is 11.4 Å². The standard InChI is InChI=1S/C16H22O5/c1-5-16(6-2,15(18)19)10-12(17)11-7-8-13(20-3)14(9-11)21-4/h7-9H,5-6,10H2,1-4H3,(H,18,19). The third-order valence-electron chi connectivity index (χ3n) is 4.01. The van der Waals surface area contributed by atoms with Gasteiger partial charge in [-0.2, -0.15) is 0 Å². The number of ether oxygens (including phenoxy) is 2. The Kier molecular flexibility index (Phi) is 5.76. The van der Waals surface area contributed by atoms with Crippen LogP contribution in [-0.4, -0.2) is 31.1 Å². The van der Waals surface area contributed by atoms with Crippen LogP contribution in [0.15, 0.2) is 18.2 Å². The van der Waals surface area contributed by atoms with E-state index in [0.717, 1.165) is 0 Å². The zero-order chi connectivity index (χ0) is 16.0. The van der Waals surface area contributed by atoms with Crippen LogP contribution in [0.25, 0.3) is 0 Å². The third kappa shape index (κ3) is 3.54. The average Bonchev–Trinajstić information content (AvgIpc) is 2.51. The van der Waals surface area contributed by atoms with Crippen LogP contribution >= 0.6 is 0 Å². The zero-order valence-electron chi connectivity index (χ0n) is 12.9. The maximum Gasteiger partial charge on any atom is 0.310 e. The number of carbonyl (C=O) groups excluding carboxylic acids is 1. The molecule has 0 atom stereocenters. The molecule has 116 valence electrons. The van der Waals surface area contributed by atoms with E-state index in [0.29, 0.717) is 29.9 Å². The molecule has 0 bridgehead atoms. The van der Waals surface area contributed by atoms with E-state index in [4.69, 9.17) is 9.47 Å². The van der Waals surface area contributed by atoms with Gasteiger partial charge in [-0.15, -0.1) is 0 Å². The summed E-state index contributed by atoms with van der Waals surface area (Å²) in [7, 11) is 3.01. The Bertz CT molecular complexity index is 517. The summed E-state index contributed by atoms with van der Waals surface area (Å²) in [5.41, 5.74) is -0.579. The molecule has 1 N–H and O–H groups in total. The minimum atomic E-state index is -1.01. The maximum absolute atomic E-state index is 12.4. The molecule has 0 heterocycles. The van der Waals surface area contributed by atoms with Gasteiger partial charge in [0.15, 0.2) is 17.3 Å². The van der Waals surface area contributed by atoms with Crippen molar-refractivity contribution in [1.82, 2.24) is 0 Å². The Morgan fingerprint density at radius 3 is 2.10 bits per heavy atom. The summed E-state index contributed by atoms with van der Waals surface area (Å²) in [4.78, 5) is 23.9. The van der Waals surface area contributed by atoms with Gasteiger partial charge in [-0.05, 0) is 31.0 Å². The van der Waals surface area contributed by atoms with Crippen molar-refractivity contribution in [3.63, 3.8) is 0 Å². The molecule has 5 heteroatoms. The molecular weight excluding hydrogens is 272 g/mol. The van der Waals surface area contributed by atoms with Gasteiger partial charge in [0, 0.05) is 12.0 Å². The summed E-state index contributed by atoms with van der Waals surface area (Å²) in [6.45, 7) is 3.58. The van der Waals surface area contributed by atoms with E-state index in [1.165, 1.54) is 14.2 Å². The van der Waals surface area contributed by atoms with Gasteiger partial charge in [0.1, 0.15) is 0 Å². The van der Waals surface area contributed by atoms with Crippen molar-refractivity contribution >= 4 is 11.8 Å². The van der Waals surface area contributed by atoms with E-state index in [9.17, 15) is 14.7 Å². The van der Waals surface area contributed by atoms with Crippen molar-refractivity contribution in [2.75, 3.05) is 14.2 Å². The number of rotatable bonds is 8. The van der Waals surface area contributed by atoms with Gasteiger partial charge in [0.25, 0.3) is 0 Å². The Balaban J connectivity index is 3.06. The summed E-state index contributed by atoms with van der Waals surface area (Å²) in [6.07, 6.45) is 0.806. The molecule has 1 aromatic carbocycles. The van der Waals surface area contributed by atoms with Gasteiger partial charge in [0.2, 0.25) is 0 Å². The number of hydrogen-bond donors (Lipinski definition) is 1. The van der Waals surface area contributed by atoms with Crippen molar-refractivity contribution in [1.29, 1.82) is 0 Å². The molecule has 0 amide bonds. The highest BCUT2D eigenvalue weighted by atomic mass is 16.5. The minimum Gasteiger partial charge on any atom is -0.493 e. The first-order valence-corrected chi connectivity index (χ1v) is 6.92. The Morgan fingerprint density at radius 2 is 1.67 bits per heavy atom. The van der Waals surface area contributed by atoms with Crippen LogP contribution in [0.3, 0.4) is 0 Å². The van der Waals surface area contributed by atoms with Crippen LogP contribution in [0.4, 0.5) is 0 Å². The predicted octanol–water partition coefficient (Wildman–Crippen LogP) is 3.17. The SMILES string of the molecule is CCC(CC)(CC(=O)c1ccc(OC)c(OC)c1)C(=O)O. The number of ketones is 1. The summed E-state index contributed by atoms with van der Waals surface area (Å²) >= 11 is 0. The maximum atomic E-state index is 12.4. The highest BCUT2D eigenvalue weighted by Gasteiger charge is 2.37. The molecule has 1 aromatic rings. The molecule has 0 aliphatic rings. The number of carbonyl (C=O) groups is 2. The van der Waals surface area contributed by atoms with E-state index in [-0.39, 0.29) is 12.2 Å². The topological polar surface area (TPSA) is 72.8 Å². The van der Waals surface area contributed by atoms with Gasteiger partial charge in [-0.3, -0.25) is 9.59 Å². The van der Waals surface area contributed by atoms with E-state index in [1.807, 2.05) is 0 Å². The van der Waals surface area contributed by atoms with Gasteiger partial charge in [0.05, 0.1) is 19.6 Å². The molecule has 0 radical (unpaired) electrons. The second-order valence-electron chi connectivity index (χ2n) is 4.96. The van der Waals surface area contributed by atoms with E-state index >= 15 is 0 Å². The van der Waals surface area contributed by atoms with Gasteiger partial charge in [-0.1, -0.05) is 13.8 Å². The van der Waals surface area contributed by atoms with Crippen molar-refractivity contribution in [3.8, 4) is 11.5 Å². The first kappa shape index (κ1) is 17.0. The monoisotopic (exact) mass is 294 g/mol. The van der Waals surface area contributed by atoms with Gasteiger partial charge in [-0.25, -0.2) is 0 Å². The summed E-state index contributed by atoms with van der Waals surface area (Å²) in [5, 5.41) is 9.41. The minimum absolute atomic E-state index is 0.0230. The Morgan fingerprint density at radius 1 is 1.10 bits per heavy atom. The van der Waals surface area contributed by atoms with Gasteiger partial charge < -0.3 is 14.6 Å². The quantitative estimate of drug-likeness (QED) is 0.745. The first-order valence-electron chi connectivity index (χ1n) is 6.92. The highest BCUT2D eigenvalue weighted by Crippen LogP contribution is 2.34. The fourth-order valence-corrected chi connectivity index (χ4v) is 2.30. The molecule has 0 aromatic heterocycles. The lowest BCUT2D eigenvalue weighted by Gasteiger charge is -2.25. The average molecular weight is 294 g/mol. The number of hydrogen-bond acceptors (Lipinski definition) is 4. The van der Waals surface area contributed by atoms with Crippen molar-refractivity contribution in [2.45, 2.75) is 33.1 Å². The summed E-state index contributed by atoms with van der Waals surface area (Å²) < 4.78 is 10.3. The molecule has 0 aliphatic heterocycles. The van der Waals surface area contributed by atoms with Crippen LogP contribution in [0, 0.1) is 5.41 Å². The normalized spacial score (nSPS) is 11.0. The molecule has 0 aliphatic carbocycles. The number of carboxylic acids is 1. The molecule has 0 fully saturated rings. The second-order valence-corrected chi connectivity index (χ2v) is 4.96. The van der Waals surface area contributed by atoms with Crippen molar-refractivity contribution < 1.29 is 24.2 Å².